The van der Waals surface area contributed by atoms with Crippen LogP contribution in [0, 0.1) is 5.92 Å². The first-order valence-corrected chi connectivity index (χ1v) is 6.23. The van der Waals surface area contributed by atoms with E-state index < -0.39 is 33.8 Å². The predicted molar refractivity (Wildman–Crippen MR) is 66.3 cm³/mol. The van der Waals surface area contributed by atoms with Crippen LogP contribution >= 0.6 is 34.8 Å². The number of amides is 1. The van der Waals surface area contributed by atoms with E-state index in [1.807, 2.05) is 0 Å². The second-order valence-electron chi connectivity index (χ2n) is 4.30. The summed E-state index contributed by atoms with van der Waals surface area (Å²) >= 11 is 17.4. The summed E-state index contributed by atoms with van der Waals surface area (Å²) in [7, 11) is 0. The van der Waals surface area contributed by atoms with E-state index in [9.17, 15) is 18.0 Å². The molecular weight excluding hydrogens is 325 g/mol. The first kappa shape index (κ1) is 14.8. The van der Waals surface area contributed by atoms with Crippen LogP contribution in [0.25, 0.3) is 0 Å². The van der Waals surface area contributed by atoms with Gasteiger partial charge in [0.15, 0.2) is 0 Å². The SMILES string of the molecule is NC(=O)C1C(c2cc(Cl)cc(C(F)(F)F)c2)C1(Cl)Cl. The van der Waals surface area contributed by atoms with Gasteiger partial charge in [-0.25, -0.2) is 0 Å². The van der Waals surface area contributed by atoms with Gasteiger partial charge in [-0.2, -0.15) is 13.2 Å². The molecule has 0 spiro atoms. The van der Waals surface area contributed by atoms with Crippen molar-refractivity contribution in [3.8, 4) is 0 Å². The van der Waals surface area contributed by atoms with Gasteiger partial charge in [0, 0.05) is 10.9 Å². The number of alkyl halides is 5. The normalized spacial score (nSPS) is 25.2. The molecule has 8 heteroatoms. The van der Waals surface area contributed by atoms with Crippen LogP contribution in [0.15, 0.2) is 18.2 Å². The molecule has 1 aromatic carbocycles. The number of carbonyl (C=O) groups is 1. The molecule has 2 rings (SSSR count). The third kappa shape index (κ3) is 2.64. The minimum Gasteiger partial charge on any atom is -0.369 e. The van der Waals surface area contributed by atoms with E-state index in [1.165, 1.54) is 6.07 Å². The number of hydrogen-bond acceptors (Lipinski definition) is 1. The quantitative estimate of drug-likeness (QED) is 0.824. The maximum absolute atomic E-state index is 12.7. The standard InChI is InChI=1S/C11H7Cl3F3NO/c12-6-2-4(1-5(3-6)11(15,16)17)7-8(9(18)19)10(7,13)14/h1-3,7-8H,(H2,18,19). The zero-order valence-electron chi connectivity index (χ0n) is 9.14. The summed E-state index contributed by atoms with van der Waals surface area (Å²) < 4.78 is 36.5. The Bertz CT molecular complexity index is 544. The fraction of sp³-hybridized carbons (Fsp3) is 0.364. The van der Waals surface area contributed by atoms with Gasteiger partial charge >= 0.3 is 6.18 Å². The minimum absolute atomic E-state index is 0.107. The van der Waals surface area contributed by atoms with Gasteiger partial charge < -0.3 is 5.73 Å². The lowest BCUT2D eigenvalue weighted by molar-refractivity contribution is -0.137. The van der Waals surface area contributed by atoms with E-state index in [1.54, 1.807) is 0 Å². The van der Waals surface area contributed by atoms with E-state index in [4.69, 9.17) is 40.5 Å². The summed E-state index contributed by atoms with van der Waals surface area (Å²) in [4.78, 5) is 11.1. The molecule has 2 unspecified atom stereocenters. The van der Waals surface area contributed by atoms with Gasteiger partial charge in [0.1, 0.15) is 4.33 Å². The fourth-order valence-electron chi connectivity index (χ4n) is 2.05. The van der Waals surface area contributed by atoms with Crippen molar-refractivity contribution < 1.29 is 18.0 Å². The van der Waals surface area contributed by atoms with Crippen LogP contribution in [0.5, 0.6) is 0 Å². The molecule has 1 fully saturated rings. The molecule has 1 saturated carbocycles. The number of hydrogen-bond donors (Lipinski definition) is 1. The summed E-state index contributed by atoms with van der Waals surface area (Å²) in [5.41, 5.74) is 4.32. The lowest BCUT2D eigenvalue weighted by Crippen LogP contribution is -2.16. The Morgan fingerprint density at radius 3 is 2.26 bits per heavy atom. The van der Waals surface area contributed by atoms with E-state index in [-0.39, 0.29) is 10.6 Å². The van der Waals surface area contributed by atoms with Gasteiger partial charge in [-0.1, -0.05) is 11.6 Å². The van der Waals surface area contributed by atoms with Crippen LogP contribution in [0.2, 0.25) is 5.02 Å². The molecule has 2 N–H and O–H groups in total. The van der Waals surface area contributed by atoms with E-state index in [2.05, 4.69) is 0 Å². The Kier molecular flexibility index (Phi) is 3.44. The molecule has 0 radical (unpaired) electrons. The molecule has 19 heavy (non-hydrogen) atoms. The first-order valence-electron chi connectivity index (χ1n) is 5.10. The largest absolute Gasteiger partial charge is 0.416 e. The Morgan fingerprint density at radius 2 is 1.84 bits per heavy atom. The monoisotopic (exact) mass is 331 g/mol. The maximum atomic E-state index is 12.7. The highest BCUT2D eigenvalue weighted by Gasteiger charge is 2.67. The van der Waals surface area contributed by atoms with E-state index >= 15 is 0 Å². The number of benzene rings is 1. The van der Waals surface area contributed by atoms with Crippen LogP contribution in [-0.4, -0.2) is 10.2 Å². The maximum Gasteiger partial charge on any atom is 0.416 e. The molecule has 2 nitrogen and oxygen atoms in total. The average Bonchev–Trinajstić information content (AvgIpc) is 2.79. The molecule has 1 aromatic rings. The Hall–Kier alpha value is -0.650. The van der Waals surface area contributed by atoms with Gasteiger partial charge in [-0.3, -0.25) is 4.79 Å². The van der Waals surface area contributed by atoms with Crippen molar-refractivity contribution in [2.24, 2.45) is 11.7 Å². The summed E-state index contributed by atoms with van der Waals surface area (Å²) in [5.74, 6) is -2.47. The first-order chi connectivity index (χ1) is 8.55. The second kappa shape index (κ2) is 4.43. The van der Waals surface area contributed by atoms with Gasteiger partial charge in [0.05, 0.1) is 11.5 Å². The smallest absolute Gasteiger partial charge is 0.369 e. The number of primary amides is 1. The van der Waals surface area contributed by atoms with Gasteiger partial charge in [0.2, 0.25) is 5.91 Å². The highest BCUT2D eigenvalue weighted by Crippen LogP contribution is 2.65. The highest BCUT2D eigenvalue weighted by atomic mass is 35.5. The molecule has 1 aliphatic rings. The van der Waals surface area contributed by atoms with Crippen LogP contribution in [-0.2, 0) is 11.0 Å². The molecule has 0 saturated heterocycles. The third-order valence-electron chi connectivity index (χ3n) is 2.97. The highest BCUT2D eigenvalue weighted by molar-refractivity contribution is 6.53. The number of nitrogens with two attached hydrogens (primary N) is 1. The molecule has 1 amide bonds. The van der Waals surface area contributed by atoms with Crippen LogP contribution < -0.4 is 5.73 Å². The molecule has 0 aromatic heterocycles. The molecule has 0 aliphatic heterocycles. The van der Waals surface area contributed by atoms with Crippen LogP contribution in [0.3, 0.4) is 0 Å². The predicted octanol–water partition coefficient (Wildman–Crippen LogP) is 3.73. The molecular formula is C11H7Cl3F3NO. The fourth-order valence-corrected chi connectivity index (χ4v) is 3.14. The number of carbonyl (C=O) groups excluding carboxylic acids is 1. The van der Waals surface area contributed by atoms with Crippen molar-refractivity contribution in [3.63, 3.8) is 0 Å². The Labute approximate surface area is 121 Å². The third-order valence-corrected chi connectivity index (χ3v) is 4.13. The molecule has 104 valence electrons. The van der Waals surface area contributed by atoms with Crippen LogP contribution in [0.4, 0.5) is 13.2 Å². The summed E-state index contributed by atoms with van der Waals surface area (Å²) in [6.07, 6.45) is -4.54. The van der Waals surface area contributed by atoms with Crippen molar-refractivity contribution in [1.82, 2.24) is 0 Å². The zero-order valence-corrected chi connectivity index (χ0v) is 11.4. The number of rotatable bonds is 2. The average molecular weight is 333 g/mol. The molecule has 2 atom stereocenters. The molecule has 1 aliphatic carbocycles. The van der Waals surface area contributed by atoms with Crippen molar-refractivity contribution in [2.45, 2.75) is 16.4 Å². The lowest BCUT2D eigenvalue weighted by atomic mass is 10.1. The second-order valence-corrected chi connectivity index (χ2v) is 6.18. The number of halogens is 6. The zero-order chi connectivity index (χ0) is 14.6. The molecule has 0 bridgehead atoms. The van der Waals surface area contributed by atoms with E-state index in [0.29, 0.717) is 0 Å². The molecule has 0 heterocycles. The topological polar surface area (TPSA) is 43.1 Å². The van der Waals surface area contributed by atoms with Crippen molar-refractivity contribution in [1.29, 1.82) is 0 Å². The van der Waals surface area contributed by atoms with Gasteiger partial charge in [-0.15, -0.1) is 23.2 Å². The van der Waals surface area contributed by atoms with Crippen molar-refractivity contribution in [2.75, 3.05) is 0 Å². The minimum atomic E-state index is -4.54. The summed E-state index contributed by atoms with van der Waals surface area (Å²) in [6.45, 7) is 0. The van der Waals surface area contributed by atoms with Gasteiger partial charge in [-0.05, 0) is 23.8 Å². The summed E-state index contributed by atoms with van der Waals surface area (Å²) in [5, 5.41) is -0.107. The van der Waals surface area contributed by atoms with Crippen molar-refractivity contribution in [3.05, 3.63) is 34.3 Å². The van der Waals surface area contributed by atoms with Crippen LogP contribution in [0.1, 0.15) is 17.0 Å². The Morgan fingerprint density at radius 1 is 1.26 bits per heavy atom. The Balaban J connectivity index is 2.43. The van der Waals surface area contributed by atoms with E-state index in [0.717, 1.165) is 12.1 Å². The summed E-state index contributed by atoms with van der Waals surface area (Å²) in [6, 6.07) is 2.96. The lowest BCUT2D eigenvalue weighted by Gasteiger charge is -2.10. The van der Waals surface area contributed by atoms with Crippen molar-refractivity contribution >= 4 is 40.7 Å². The van der Waals surface area contributed by atoms with Gasteiger partial charge in [0.25, 0.3) is 0 Å².